The maximum absolute atomic E-state index is 2.44. The molecule has 1 heteroatoms. The van der Waals surface area contributed by atoms with Crippen molar-refractivity contribution in [2.45, 2.75) is 40.0 Å². The molecule has 1 heterocycles. The number of piperidine rings is 1. The van der Waals surface area contributed by atoms with Gasteiger partial charge in [-0.3, -0.25) is 0 Å². The molecule has 0 amide bonds. The maximum Gasteiger partial charge on any atom is -0.00190 e. The van der Waals surface area contributed by atoms with Crippen molar-refractivity contribution in [1.82, 2.24) is 4.90 Å². The van der Waals surface area contributed by atoms with E-state index in [1.54, 1.807) is 0 Å². The van der Waals surface area contributed by atoms with Crippen molar-refractivity contribution in [1.29, 1.82) is 0 Å². The first-order valence-corrected chi connectivity index (χ1v) is 6.98. The summed E-state index contributed by atoms with van der Waals surface area (Å²) in [5.41, 5.74) is 2.91. The summed E-state index contributed by atoms with van der Waals surface area (Å²) in [6, 6.07) is 8.96. The number of likely N-dealkylation sites (tertiary alicyclic amines) is 1. The summed E-state index contributed by atoms with van der Waals surface area (Å²) in [5, 5.41) is 0. The maximum atomic E-state index is 2.44. The molecule has 1 aliphatic heterocycles. The molecule has 0 aliphatic carbocycles. The monoisotopic (exact) mass is 233 g/mol. The Balaban J connectivity index is 0.000000686. The standard InChI is InChI=1S/C14H21N.C2H6/c1-12-4-3-5-14(10-12)11-13-6-8-15(2)9-7-13;1-2/h3-5,10,13H,6-9,11H2,1-2H3;1-2H3. The lowest BCUT2D eigenvalue weighted by molar-refractivity contribution is 0.219. The summed E-state index contributed by atoms with van der Waals surface area (Å²) in [7, 11) is 2.23. The fraction of sp³-hybridized carbons (Fsp3) is 0.625. The Labute approximate surface area is 107 Å². The van der Waals surface area contributed by atoms with Crippen LogP contribution in [0.15, 0.2) is 24.3 Å². The summed E-state index contributed by atoms with van der Waals surface area (Å²) in [6.45, 7) is 8.73. The van der Waals surface area contributed by atoms with Gasteiger partial charge in [0.25, 0.3) is 0 Å². The zero-order valence-corrected chi connectivity index (χ0v) is 11.9. The minimum Gasteiger partial charge on any atom is -0.306 e. The SMILES string of the molecule is CC.Cc1cccc(CC2CCN(C)CC2)c1. The van der Waals surface area contributed by atoms with Crippen LogP contribution in [-0.4, -0.2) is 25.0 Å². The Morgan fingerprint density at radius 3 is 2.41 bits per heavy atom. The normalized spacial score (nSPS) is 17.4. The van der Waals surface area contributed by atoms with Crippen LogP contribution in [0, 0.1) is 12.8 Å². The number of nitrogens with zero attached hydrogens (tertiary/aromatic N) is 1. The van der Waals surface area contributed by atoms with Crippen LogP contribution in [0.4, 0.5) is 0 Å². The second kappa shape index (κ2) is 7.50. The Morgan fingerprint density at radius 1 is 1.18 bits per heavy atom. The van der Waals surface area contributed by atoms with Gasteiger partial charge in [0.2, 0.25) is 0 Å². The summed E-state index contributed by atoms with van der Waals surface area (Å²) in [4.78, 5) is 2.44. The highest BCUT2D eigenvalue weighted by Crippen LogP contribution is 2.21. The lowest BCUT2D eigenvalue weighted by atomic mass is 9.90. The third-order valence-corrected chi connectivity index (χ3v) is 3.44. The van der Waals surface area contributed by atoms with Gasteiger partial charge >= 0.3 is 0 Å². The zero-order chi connectivity index (χ0) is 12.7. The fourth-order valence-corrected chi connectivity index (χ4v) is 2.44. The van der Waals surface area contributed by atoms with Crippen molar-refractivity contribution in [3.63, 3.8) is 0 Å². The van der Waals surface area contributed by atoms with E-state index in [-0.39, 0.29) is 0 Å². The number of hydrogen-bond donors (Lipinski definition) is 0. The number of hydrogen-bond acceptors (Lipinski definition) is 1. The molecular formula is C16H27N. The van der Waals surface area contributed by atoms with Crippen LogP contribution < -0.4 is 0 Å². The Morgan fingerprint density at radius 2 is 1.82 bits per heavy atom. The average Bonchev–Trinajstić information content (AvgIpc) is 2.35. The van der Waals surface area contributed by atoms with Crippen LogP contribution in [0.2, 0.25) is 0 Å². The van der Waals surface area contributed by atoms with E-state index in [1.165, 1.54) is 43.5 Å². The van der Waals surface area contributed by atoms with Crippen molar-refractivity contribution >= 4 is 0 Å². The molecule has 2 rings (SSSR count). The smallest absolute Gasteiger partial charge is 0.00190 e. The van der Waals surface area contributed by atoms with E-state index in [9.17, 15) is 0 Å². The molecule has 1 aromatic carbocycles. The van der Waals surface area contributed by atoms with Gasteiger partial charge in [-0.25, -0.2) is 0 Å². The molecule has 0 saturated carbocycles. The molecule has 0 atom stereocenters. The van der Waals surface area contributed by atoms with Crippen LogP contribution in [0.5, 0.6) is 0 Å². The summed E-state index contributed by atoms with van der Waals surface area (Å²) >= 11 is 0. The predicted octanol–water partition coefficient (Wildman–Crippen LogP) is 3.91. The Hall–Kier alpha value is -0.820. The highest BCUT2D eigenvalue weighted by Gasteiger charge is 2.16. The first kappa shape index (κ1) is 14.2. The van der Waals surface area contributed by atoms with Crippen LogP contribution in [0.25, 0.3) is 0 Å². The molecule has 0 unspecified atom stereocenters. The van der Waals surface area contributed by atoms with E-state index >= 15 is 0 Å². The summed E-state index contributed by atoms with van der Waals surface area (Å²) in [5.74, 6) is 0.906. The molecule has 1 aromatic rings. The van der Waals surface area contributed by atoms with Gasteiger partial charge in [-0.1, -0.05) is 43.7 Å². The number of rotatable bonds is 2. The first-order valence-electron chi connectivity index (χ1n) is 6.98. The summed E-state index contributed by atoms with van der Waals surface area (Å²) in [6.07, 6.45) is 4.00. The molecule has 0 bridgehead atoms. The van der Waals surface area contributed by atoms with E-state index in [2.05, 4.69) is 43.1 Å². The second-order valence-electron chi connectivity index (χ2n) is 4.94. The van der Waals surface area contributed by atoms with Crippen LogP contribution in [0.3, 0.4) is 0 Å². The van der Waals surface area contributed by atoms with Gasteiger partial charge in [0.1, 0.15) is 0 Å². The average molecular weight is 233 g/mol. The van der Waals surface area contributed by atoms with Crippen molar-refractivity contribution < 1.29 is 0 Å². The zero-order valence-electron chi connectivity index (χ0n) is 11.9. The Bertz CT molecular complexity index is 311. The lowest BCUT2D eigenvalue weighted by Gasteiger charge is -2.29. The van der Waals surface area contributed by atoms with E-state index in [0.29, 0.717) is 0 Å². The number of benzene rings is 1. The van der Waals surface area contributed by atoms with E-state index in [1.807, 2.05) is 13.8 Å². The molecule has 0 N–H and O–H groups in total. The van der Waals surface area contributed by atoms with Gasteiger partial charge in [0, 0.05) is 0 Å². The minimum absolute atomic E-state index is 0.906. The topological polar surface area (TPSA) is 3.24 Å². The highest BCUT2D eigenvalue weighted by molar-refractivity contribution is 5.22. The molecule has 0 spiro atoms. The molecule has 1 fully saturated rings. The third-order valence-electron chi connectivity index (χ3n) is 3.44. The fourth-order valence-electron chi connectivity index (χ4n) is 2.44. The van der Waals surface area contributed by atoms with Gasteiger partial charge in [-0.2, -0.15) is 0 Å². The van der Waals surface area contributed by atoms with Crippen molar-refractivity contribution in [2.75, 3.05) is 20.1 Å². The van der Waals surface area contributed by atoms with Crippen LogP contribution in [0.1, 0.15) is 37.8 Å². The molecule has 0 aromatic heterocycles. The first-order chi connectivity index (χ1) is 8.24. The number of aryl methyl sites for hydroxylation is 1. The van der Waals surface area contributed by atoms with Crippen LogP contribution in [-0.2, 0) is 6.42 Å². The molecule has 17 heavy (non-hydrogen) atoms. The second-order valence-corrected chi connectivity index (χ2v) is 4.94. The lowest BCUT2D eigenvalue weighted by Crippen LogP contribution is -2.30. The molecule has 0 radical (unpaired) electrons. The molecular weight excluding hydrogens is 206 g/mol. The van der Waals surface area contributed by atoms with Crippen molar-refractivity contribution in [3.05, 3.63) is 35.4 Å². The summed E-state index contributed by atoms with van der Waals surface area (Å²) < 4.78 is 0. The minimum atomic E-state index is 0.906. The van der Waals surface area contributed by atoms with Crippen LogP contribution >= 0.6 is 0 Å². The van der Waals surface area contributed by atoms with E-state index in [4.69, 9.17) is 0 Å². The van der Waals surface area contributed by atoms with Crippen molar-refractivity contribution in [2.24, 2.45) is 5.92 Å². The molecule has 1 aliphatic rings. The largest absolute Gasteiger partial charge is 0.306 e. The van der Waals surface area contributed by atoms with Gasteiger partial charge in [-0.05, 0) is 57.8 Å². The highest BCUT2D eigenvalue weighted by atomic mass is 15.1. The molecule has 1 nitrogen and oxygen atoms in total. The molecule has 1 saturated heterocycles. The van der Waals surface area contributed by atoms with Gasteiger partial charge < -0.3 is 4.90 Å². The van der Waals surface area contributed by atoms with Gasteiger partial charge in [0.15, 0.2) is 0 Å². The van der Waals surface area contributed by atoms with Gasteiger partial charge in [-0.15, -0.1) is 0 Å². The Kier molecular flexibility index (Phi) is 6.28. The van der Waals surface area contributed by atoms with Crippen molar-refractivity contribution in [3.8, 4) is 0 Å². The molecule has 96 valence electrons. The van der Waals surface area contributed by atoms with E-state index < -0.39 is 0 Å². The van der Waals surface area contributed by atoms with Gasteiger partial charge in [0.05, 0.1) is 0 Å². The third kappa shape index (κ3) is 4.91. The predicted molar refractivity (Wildman–Crippen MR) is 76.5 cm³/mol. The van der Waals surface area contributed by atoms with E-state index in [0.717, 1.165) is 5.92 Å². The quantitative estimate of drug-likeness (QED) is 0.748.